The molecule has 0 aliphatic carbocycles. The molecular weight excluding hydrogens is 344 g/mol. The lowest BCUT2D eigenvalue weighted by atomic mass is 10.3. The number of aryl methyl sites for hydroxylation is 3. The number of rotatable bonds is 3. The van der Waals surface area contributed by atoms with Gasteiger partial charge in [-0.25, -0.2) is 9.97 Å². The molecule has 0 spiro atoms. The third kappa shape index (κ3) is 2.59. The van der Waals surface area contributed by atoms with Crippen LogP contribution in [0.3, 0.4) is 0 Å². The second-order valence-electron chi connectivity index (χ2n) is 5.53. The molecule has 7 nitrogen and oxygen atoms in total. The second-order valence-corrected chi connectivity index (χ2v) is 7.68. The standard InChI is InChI=1S/C15H14N6OS2/c1-8-4-9(2)21-13(16-8)18-19-15(21)23-7-11-5-12(22)20-6-10(3)24-14(20)17-11/h4-6H,7H2,1-3H3. The second kappa shape index (κ2) is 5.67. The summed E-state index contributed by atoms with van der Waals surface area (Å²) in [5.41, 5.74) is 2.63. The van der Waals surface area contributed by atoms with Crippen molar-refractivity contribution in [3.63, 3.8) is 0 Å². The number of thioether (sulfide) groups is 1. The van der Waals surface area contributed by atoms with Crippen LogP contribution in [0.5, 0.6) is 0 Å². The van der Waals surface area contributed by atoms with Crippen molar-refractivity contribution in [3.05, 3.63) is 50.6 Å². The molecule has 4 rings (SSSR count). The number of fused-ring (bicyclic) bond motifs is 2. The summed E-state index contributed by atoms with van der Waals surface area (Å²) >= 11 is 3.01. The van der Waals surface area contributed by atoms with E-state index < -0.39 is 0 Å². The van der Waals surface area contributed by atoms with E-state index in [9.17, 15) is 4.79 Å². The van der Waals surface area contributed by atoms with Crippen LogP contribution in [0.25, 0.3) is 10.7 Å². The molecule has 0 unspecified atom stereocenters. The highest BCUT2D eigenvalue weighted by molar-refractivity contribution is 7.98. The average molecular weight is 358 g/mol. The van der Waals surface area contributed by atoms with Crippen molar-refractivity contribution in [3.8, 4) is 0 Å². The fourth-order valence-corrected chi connectivity index (χ4v) is 4.29. The van der Waals surface area contributed by atoms with Crippen LogP contribution in [0, 0.1) is 20.8 Å². The molecule has 4 aromatic rings. The first-order valence-corrected chi connectivity index (χ1v) is 9.12. The van der Waals surface area contributed by atoms with E-state index in [0.717, 1.165) is 32.1 Å². The molecule has 0 atom stereocenters. The summed E-state index contributed by atoms with van der Waals surface area (Å²) in [5, 5.41) is 9.08. The Morgan fingerprint density at radius 3 is 2.83 bits per heavy atom. The Hall–Kier alpha value is -2.26. The quantitative estimate of drug-likeness (QED) is 0.524. The van der Waals surface area contributed by atoms with Crippen LogP contribution >= 0.6 is 23.1 Å². The van der Waals surface area contributed by atoms with E-state index in [2.05, 4.69) is 20.2 Å². The van der Waals surface area contributed by atoms with Gasteiger partial charge in [-0.3, -0.25) is 13.6 Å². The van der Waals surface area contributed by atoms with Gasteiger partial charge in [0, 0.05) is 34.3 Å². The molecule has 0 aliphatic heterocycles. The molecule has 0 N–H and O–H groups in total. The molecule has 9 heteroatoms. The molecule has 0 saturated carbocycles. The Morgan fingerprint density at radius 1 is 1.17 bits per heavy atom. The molecule has 0 fully saturated rings. The van der Waals surface area contributed by atoms with Gasteiger partial charge >= 0.3 is 0 Å². The number of thiazole rings is 1. The van der Waals surface area contributed by atoms with Crippen molar-refractivity contribution < 1.29 is 0 Å². The van der Waals surface area contributed by atoms with Gasteiger partial charge in [0.05, 0.1) is 5.69 Å². The van der Waals surface area contributed by atoms with E-state index in [0.29, 0.717) is 11.5 Å². The summed E-state index contributed by atoms with van der Waals surface area (Å²) < 4.78 is 3.50. The minimum absolute atomic E-state index is 0.0560. The molecule has 4 aromatic heterocycles. The molecule has 0 bridgehead atoms. The summed E-state index contributed by atoms with van der Waals surface area (Å²) in [6.07, 6.45) is 1.82. The molecule has 0 amide bonds. The zero-order chi connectivity index (χ0) is 16.8. The van der Waals surface area contributed by atoms with Crippen LogP contribution in [0.15, 0.2) is 28.3 Å². The predicted molar refractivity (Wildman–Crippen MR) is 93.9 cm³/mol. The number of nitrogens with zero attached hydrogens (tertiary/aromatic N) is 6. The van der Waals surface area contributed by atoms with Crippen LogP contribution in [-0.2, 0) is 5.75 Å². The summed E-state index contributed by atoms with van der Waals surface area (Å²) in [6, 6.07) is 3.57. The SMILES string of the molecule is Cc1cc(C)n2c(SCc3cc(=O)n4cc(C)sc4n3)nnc2n1. The Bertz CT molecular complexity index is 1130. The van der Waals surface area contributed by atoms with Gasteiger partial charge in [-0.1, -0.05) is 11.8 Å². The maximum Gasteiger partial charge on any atom is 0.258 e. The molecule has 0 saturated heterocycles. The fraction of sp³-hybridized carbons (Fsp3) is 0.267. The molecule has 122 valence electrons. The van der Waals surface area contributed by atoms with Gasteiger partial charge in [-0.2, -0.15) is 0 Å². The maximum absolute atomic E-state index is 12.2. The van der Waals surface area contributed by atoms with Crippen molar-refractivity contribution in [2.75, 3.05) is 0 Å². The molecule has 24 heavy (non-hydrogen) atoms. The number of aromatic nitrogens is 6. The van der Waals surface area contributed by atoms with Crippen molar-refractivity contribution in [1.29, 1.82) is 0 Å². The van der Waals surface area contributed by atoms with Crippen LogP contribution < -0.4 is 5.56 Å². The largest absolute Gasteiger partial charge is 0.269 e. The van der Waals surface area contributed by atoms with Crippen molar-refractivity contribution in [1.82, 2.24) is 29.0 Å². The van der Waals surface area contributed by atoms with Gasteiger partial charge in [0.15, 0.2) is 10.1 Å². The van der Waals surface area contributed by atoms with Crippen molar-refractivity contribution in [2.45, 2.75) is 31.7 Å². The smallest absolute Gasteiger partial charge is 0.258 e. The van der Waals surface area contributed by atoms with E-state index in [4.69, 9.17) is 0 Å². The third-order valence-electron chi connectivity index (χ3n) is 3.55. The van der Waals surface area contributed by atoms with Gasteiger partial charge < -0.3 is 0 Å². The zero-order valence-electron chi connectivity index (χ0n) is 13.3. The van der Waals surface area contributed by atoms with Crippen molar-refractivity contribution in [2.24, 2.45) is 0 Å². The molecule has 0 aromatic carbocycles. The Labute approximate surface area is 145 Å². The molecule has 0 aliphatic rings. The normalized spacial score (nSPS) is 11.6. The Morgan fingerprint density at radius 2 is 2.00 bits per heavy atom. The Balaban J connectivity index is 1.67. The van der Waals surface area contributed by atoms with Crippen LogP contribution in [0.1, 0.15) is 22.0 Å². The topological polar surface area (TPSA) is 77.5 Å². The monoisotopic (exact) mass is 358 g/mol. The van der Waals surface area contributed by atoms with E-state index in [1.807, 2.05) is 37.4 Å². The molecule has 4 heterocycles. The highest BCUT2D eigenvalue weighted by atomic mass is 32.2. The summed E-state index contributed by atoms with van der Waals surface area (Å²) in [6.45, 7) is 5.90. The van der Waals surface area contributed by atoms with Gasteiger partial charge in [0.25, 0.3) is 11.3 Å². The lowest BCUT2D eigenvalue weighted by molar-refractivity contribution is 0.885. The van der Waals surface area contributed by atoms with Crippen molar-refractivity contribution >= 4 is 33.8 Å². The molecular formula is C15H14N6OS2. The van der Waals surface area contributed by atoms with E-state index >= 15 is 0 Å². The highest BCUT2D eigenvalue weighted by Crippen LogP contribution is 2.22. The number of hydrogen-bond acceptors (Lipinski definition) is 7. The lowest BCUT2D eigenvalue weighted by Gasteiger charge is -2.04. The van der Waals surface area contributed by atoms with E-state index in [1.165, 1.54) is 23.1 Å². The Kier molecular flexibility index (Phi) is 3.61. The minimum Gasteiger partial charge on any atom is -0.269 e. The maximum atomic E-state index is 12.2. The van der Waals surface area contributed by atoms with Crippen LogP contribution in [-0.4, -0.2) is 29.0 Å². The van der Waals surface area contributed by atoms with Gasteiger partial charge in [-0.15, -0.1) is 21.5 Å². The lowest BCUT2D eigenvalue weighted by Crippen LogP contribution is -2.12. The minimum atomic E-state index is -0.0560. The first-order valence-electron chi connectivity index (χ1n) is 7.32. The predicted octanol–water partition coefficient (Wildman–Crippen LogP) is 2.41. The first kappa shape index (κ1) is 15.3. The zero-order valence-corrected chi connectivity index (χ0v) is 15.0. The third-order valence-corrected chi connectivity index (χ3v) is 5.41. The van der Waals surface area contributed by atoms with Gasteiger partial charge in [0.1, 0.15) is 0 Å². The summed E-state index contributed by atoms with van der Waals surface area (Å²) in [4.78, 5) is 22.9. The van der Waals surface area contributed by atoms with Crippen LogP contribution in [0.4, 0.5) is 0 Å². The fourth-order valence-electron chi connectivity index (χ4n) is 2.56. The first-order chi connectivity index (χ1) is 11.5. The van der Waals surface area contributed by atoms with E-state index in [-0.39, 0.29) is 5.56 Å². The molecule has 0 radical (unpaired) electrons. The highest BCUT2D eigenvalue weighted by Gasteiger charge is 2.12. The van der Waals surface area contributed by atoms with Crippen LogP contribution in [0.2, 0.25) is 0 Å². The summed E-state index contributed by atoms with van der Waals surface area (Å²) in [7, 11) is 0. The van der Waals surface area contributed by atoms with E-state index in [1.54, 1.807) is 10.5 Å². The number of hydrogen-bond donors (Lipinski definition) is 0. The average Bonchev–Trinajstić information content (AvgIpc) is 3.08. The summed E-state index contributed by atoms with van der Waals surface area (Å²) in [5.74, 6) is 1.14. The van der Waals surface area contributed by atoms with Gasteiger partial charge in [-0.05, 0) is 26.8 Å². The van der Waals surface area contributed by atoms with Gasteiger partial charge in [0.2, 0.25) is 0 Å².